The van der Waals surface area contributed by atoms with Crippen LogP contribution in [0.4, 0.5) is 5.95 Å². The van der Waals surface area contributed by atoms with E-state index in [1.54, 1.807) is 4.57 Å². The number of rotatable bonds is 24. The molecule has 2 atom stereocenters. The molecule has 0 saturated heterocycles. The molecule has 2 aromatic heterocycles. The molecule has 0 unspecified atom stereocenters. The van der Waals surface area contributed by atoms with E-state index < -0.39 is 17.6 Å². The molecule has 0 amide bonds. The van der Waals surface area contributed by atoms with Gasteiger partial charge in [0.25, 0.3) is 5.56 Å². The SMILES string of the molecule is CCCCCCCCCCCC=CCCCCC(=O)OCC[C@@H](COC(=O)[C@@H](N)C(C)C)Cn1cnc2c(=O)[nH]c(N)nc21. The first-order valence-electron chi connectivity index (χ1n) is 16.7. The summed E-state index contributed by atoms with van der Waals surface area (Å²) < 4.78 is 12.7. The van der Waals surface area contributed by atoms with Gasteiger partial charge < -0.3 is 25.5 Å². The number of ether oxygens (including phenoxy) is 2. The van der Waals surface area contributed by atoms with Gasteiger partial charge in [-0.1, -0.05) is 84.3 Å². The first-order chi connectivity index (χ1) is 21.2. The van der Waals surface area contributed by atoms with E-state index >= 15 is 0 Å². The maximum Gasteiger partial charge on any atom is 0.323 e. The molecule has 11 nitrogen and oxygen atoms in total. The van der Waals surface area contributed by atoms with E-state index in [2.05, 4.69) is 34.0 Å². The summed E-state index contributed by atoms with van der Waals surface area (Å²) in [5.41, 5.74) is 11.7. The Hall–Kier alpha value is -3.21. The lowest BCUT2D eigenvalue weighted by Gasteiger charge is -2.20. The molecule has 0 aliphatic heterocycles. The molecule has 2 aromatic rings. The van der Waals surface area contributed by atoms with Gasteiger partial charge in [0.2, 0.25) is 5.95 Å². The lowest BCUT2D eigenvalue weighted by atomic mass is 10.1. The molecule has 248 valence electrons. The number of anilines is 1. The second kappa shape index (κ2) is 21.5. The number of nitrogens with one attached hydrogen (secondary N) is 1. The Morgan fingerprint density at radius 3 is 2.27 bits per heavy atom. The normalized spacial score (nSPS) is 13.1. The number of hydrogen-bond donors (Lipinski definition) is 3. The number of aromatic nitrogens is 4. The minimum atomic E-state index is -0.729. The molecule has 44 heavy (non-hydrogen) atoms. The Morgan fingerprint density at radius 1 is 0.977 bits per heavy atom. The fourth-order valence-corrected chi connectivity index (χ4v) is 4.93. The molecule has 0 fully saturated rings. The van der Waals surface area contributed by atoms with Gasteiger partial charge in [0, 0.05) is 18.9 Å². The van der Waals surface area contributed by atoms with Crippen LogP contribution in [0.5, 0.6) is 0 Å². The number of hydrogen-bond acceptors (Lipinski definition) is 9. The summed E-state index contributed by atoms with van der Waals surface area (Å²) in [5.74, 6) is -1.04. The number of allylic oxidation sites excluding steroid dienone is 2. The smallest absolute Gasteiger partial charge is 0.323 e. The number of unbranched alkanes of at least 4 members (excludes halogenated alkanes) is 11. The standard InChI is InChI=1S/C33H56N6O5/c1-4-5-6-7-8-9-10-11-12-13-14-15-16-17-18-19-27(40)43-21-20-26(23-44-32(42)28(34)25(2)3)22-39-24-36-29-30(39)37-33(35)38-31(29)41/h14-15,24-26,28H,4-13,16-23,34H2,1-3H3,(H3,35,37,38,41)/t26-,28+/m1/s1. The van der Waals surface area contributed by atoms with Crippen LogP contribution >= 0.6 is 0 Å². The van der Waals surface area contributed by atoms with Crippen molar-refractivity contribution >= 4 is 29.1 Å². The zero-order chi connectivity index (χ0) is 32.2. The van der Waals surface area contributed by atoms with Gasteiger partial charge in [-0.05, 0) is 44.4 Å². The summed E-state index contributed by atoms with van der Waals surface area (Å²) in [6.07, 6.45) is 22.7. The fourth-order valence-electron chi connectivity index (χ4n) is 4.93. The van der Waals surface area contributed by atoms with Gasteiger partial charge in [0.05, 0.1) is 19.5 Å². The summed E-state index contributed by atoms with van der Waals surface area (Å²) in [5, 5.41) is 0. The molecule has 0 aromatic carbocycles. The molecule has 5 N–H and O–H groups in total. The van der Waals surface area contributed by atoms with Crippen LogP contribution in [0, 0.1) is 11.8 Å². The topological polar surface area (TPSA) is 168 Å². The first-order valence-corrected chi connectivity index (χ1v) is 16.7. The molecular formula is C33H56N6O5. The highest BCUT2D eigenvalue weighted by Crippen LogP contribution is 2.15. The molecule has 2 heterocycles. The average molecular weight is 617 g/mol. The van der Waals surface area contributed by atoms with Crippen LogP contribution in [0.2, 0.25) is 0 Å². The molecule has 0 bridgehead atoms. The van der Waals surface area contributed by atoms with Crippen molar-refractivity contribution in [3.8, 4) is 0 Å². The Morgan fingerprint density at radius 2 is 1.61 bits per heavy atom. The maximum absolute atomic E-state index is 12.4. The first kappa shape index (κ1) is 37.0. The van der Waals surface area contributed by atoms with Gasteiger partial charge in [-0.3, -0.25) is 19.4 Å². The summed E-state index contributed by atoms with van der Waals surface area (Å²) in [7, 11) is 0. The van der Waals surface area contributed by atoms with Crippen molar-refractivity contribution in [1.29, 1.82) is 0 Å². The van der Waals surface area contributed by atoms with E-state index in [1.807, 2.05) is 13.8 Å². The second-order valence-corrected chi connectivity index (χ2v) is 12.1. The highest BCUT2D eigenvalue weighted by atomic mass is 16.5. The highest BCUT2D eigenvalue weighted by molar-refractivity contribution is 5.75. The molecule has 0 spiro atoms. The largest absolute Gasteiger partial charge is 0.466 e. The zero-order valence-corrected chi connectivity index (χ0v) is 27.2. The Bertz CT molecular complexity index is 1190. The minimum absolute atomic E-state index is 0.0154. The second-order valence-electron chi connectivity index (χ2n) is 12.1. The van der Waals surface area contributed by atoms with Crippen LogP contribution in [0.3, 0.4) is 0 Å². The minimum Gasteiger partial charge on any atom is -0.466 e. The van der Waals surface area contributed by atoms with Gasteiger partial charge in [-0.15, -0.1) is 0 Å². The molecule has 0 aliphatic rings. The number of fused-ring (bicyclic) bond motifs is 1. The lowest BCUT2D eigenvalue weighted by Crippen LogP contribution is -2.38. The van der Waals surface area contributed by atoms with Crippen molar-refractivity contribution in [2.75, 3.05) is 18.9 Å². The quantitative estimate of drug-likeness (QED) is 0.0748. The zero-order valence-electron chi connectivity index (χ0n) is 27.2. The number of carbonyl (C=O) groups is 2. The van der Waals surface area contributed by atoms with Crippen molar-refractivity contribution in [3.05, 3.63) is 28.8 Å². The maximum atomic E-state index is 12.4. The van der Waals surface area contributed by atoms with Crippen LogP contribution in [0.15, 0.2) is 23.3 Å². The van der Waals surface area contributed by atoms with E-state index in [-0.39, 0.29) is 42.5 Å². The molecule has 2 rings (SSSR count). The number of aromatic amines is 1. The predicted molar refractivity (Wildman–Crippen MR) is 175 cm³/mol. The van der Waals surface area contributed by atoms with Gasteiger partial charge in [0.15, 0.2) is 11.2 Å². The van der Waals surface area contributed by atoms with Crippen molar-refractivity contribution in [2.45, 2.75) is 130 Å². The molecule has 0 saturated carbocycles. The van der Waals surface area contributed by atoms with Gasteiger partial charge >= 0.3 is 11.9 Å². The summed E-state index contributed by atoms with van der Waals surface area (Å²) >= 11 is 0. The van der Waals surface area contributed by atoms with Crippen molar-refractivity contribution in [1.82, 2.24) is 19.5 Å². The van der Waals surface area contributed by atoms with E-state index in [9.17, 15) is 14.4 Å². The highest BCUT2D eigenvalue weighted by Gasteiger charge is 2.22. The third-order valence-electron chi connectivity index (χ3n) is 7.83. The van der Waals surface area contributed by atoms with Gasteiger partial charge in [-0.2, -0.15) is 4.98 Å². The van der Waals surface area contributed by atoms with Crippen LogP contribution < -0.4 is 17.0 Å². The lowest BCUT2D eigenvalue weighted by molar-refractivity contribution is -0.149. The fraction of sp³-hybridized carbons (Fsp3) is 0.727. The van der Waals surface area contributed by atoms with Gasteiger partial charge in [-0.25, -0.2) is 4.98 Å². The number of carbonyl (C=O) groups excluding carboxylic acids is 2. The number of imidazole rings is 1. The van der Waals surface area contributed by atoms with Crippen molar-refractivity contribution in [3.63, 3.8) is 0 Å². The Labute approximate surface area is 262 Å². The average Bonchev–Trinajstić information content (AvgIpc) is 3.39. The third kappa shape index (κ3) is 14.5. The van der Waals surface area contributed by atoms with E-state index in [0.717, 1.165) is 25.7 Å². The molecule has 11 heteroatoms. The summed E-state index contributed by atoms with van der Waals surface area (Å²) in [4.78, 5) is 47.6. The predicted octanol–water partition coefficient (Wildman–Crippen LogP) is 5.82. The number of nitrogens with zero attached hydrogens (tertiary/aromatic N) is 3. The van der Waals surface area contributed by atoms with E-state index in [4.69, 9.17) is 20.9 Å². The summed E-state index contributed by atoms with van der Waals surface area (Å²) in [6, 6.07) is -0.729. The molecule has 0 radical (unpaired) electrons. The van der Waals surface area contributed by atoms with Gasteiger partial charge in [0.1, 0.15) is 6.04 Å². The Balaban J connectivity index is 1.69. The Kier molecular flexibility index (Phi) is 18.1. The van der Waals surface area contributed by atoms with Crippen LogP contribution in [-0.2, 0) is 25.6 Å². The van der Waals surface area contributed by atoms with E-state index in [0.29, 0.717) is 25.0 Å². The third-order valence-corrected chi connectivity index (χ3v) is 7.83. The van der Waals surface area contributed by atoms with Crippen LogP contribution in [-0.4, -0.2) is 50.7 Å². The number of H-pyrrole nitrogens is 1. The monoisotopic (exact) mass is 616 g/mol. The van der Waals surface area contributed by atoms with Crippen molar-refractivity contribution in [2.24, 2.45) is 17.6 Å². The van der Waals surface area contributed by atoms with Crippen LogP contribution in [0.1, 0.15) is 117 Å². The van der Waals surface area contributed by atoms with Crippen LogP contribution in [0.25, 0.3) is 11.2 Å². The number of esters is 2. The van der Waals surface area contributed by atoms with E-state index in [1.165, 1.54) is 64.1 Å². The number of nitrogens with two attached hydrogens (primary N) is 2. The summed E-state index contributed by atoms with van der Waals surface area (Å²) in [6.45, 7) is 6.54. The molecule has 0 aliphatic carbocycles. The van der Waals surface area contributed by atoms with Crippen molar-refractivity contribution < 1.29 is 19.1 Å². The molecular weight excluding hydrogens is 560 g/mol. The number of nitrogen functional groups attached to an aromatic ring is 1.